The molecule has 0 saturated carbocycles. The number of nitrogens with zero attached hydrogens (tertiary/aromatic N) is 2. The summed E-state index contributed by atoms with van der Waals surface area (Å²) in [6, 6.07) is 16.4. The van der Waals surface area contributed by atoms with Gasteiger partial charge in [-0.3, -0.25) is 9.97 Å². The highest BCUT2D eigenvalue weighted by atomic mass is 14.9. The average Bonchev–Trinajstić information content (AvgIpc) is 2.48. The Kier molecular flexibility index (Phi) is 3.47. The Morgan fingerprint density at radius 3 is 2.58 bits per heavy atom. The Bertz CT molecular complexity index is 665. The second-order valence-corrected chi connectivity index (χ2v) is 4.45. The van der Waals surface area contributed by atoms with Gasteiger partial charge in [-0.05, 0) is 29.8 Å². The monoisotopic (exact) mass is 249 g/mol. The van der Waals surface area contributed by atoms with E-state index in [1.165, 1.54) is 10.9 Å². The molecule has 2 aromatic heterocycles. The van der Waals surface area contributed by atoms with Crippen molar-refractivity contribution in [1.29, 1.82) is 0 Å². The quantitative estimate of drug-likeness (QED) is 0.772. The lowest BCUT2D eigenvalue weighted by molar-refractivity contribution is 0.681. The molecule has 0 atom stereocenters. The Morgan fingerprint density at radius 2 is 1.68 bits per heavy atom. The van der Waals surface area contributed by atoms with E-state index in [1.54, 1.807) is 0 Å². The predicted octanol–water partition coefficient (Wildman–Crippen LogP) is 2.92. The maximum absolute atomic E-state index is 4.63. The number of pyridine rings is 2. The van der Waals surface area contributed by atoms with E-state index in [2.05, 4.69) is 33.5 Å². The van der Waals surface area contributed by atoms with Gasteiger partial charge in [0.15, 0.2) is 0 Å². The van der Waals surface area contributed by atoms with Gasteiger partial charge < -0.3 is 5.32 Å². The van der Waals surface area contributed by atoms with Gasteiger partial charge in [-0.15, -0.1) is 0 Å². The fourth-order valence-corrected chi connectivity index (χ4v) is 2.04. The highest BCUT2D eigenvalue weighted by Gasteiger charge is 1.98. The van der Waals surface area contributed by atoms with Crippen molar-refractivity contribution >= 4 is 10.9 Å². The van der Waals surface area contributed by atoms with Gasteiger partial charge in [0, 0.05) is 30.9 Å². The minimum atomic E-state index is 0.771. The van der Waals surface area contributed by atoms with E-state index in [0.717, 1.165) is 24.3 Å². The molecule has 0 fully saturated rings. The highest BCUT2D eigenvalue weighted by Crippen LogP contribution is 2.11. The maximum Gasteiger partial charge on any atom is 0.0705 e. The molecule has 2 heterocycles. The zero-order valence-corrected chi connectivity index (χ0v) is 10.6. The first-order valence-electron chi connectivity index (χ1n) is 6.36. The molecule has 0 aliphatic heterocycles. The standard InChI is InChI=1S/C16H15N3/c1-2-4-16-14(3-1)5-6-15(19-16)12-18-11-13-7-9-17-10-8-13/h1-10,18H,11-12H2. The van der Waals surface area contributed by atoms with Crippen molar-refractivity contribution in [2.75, 3.05) is 0 Å². The smallest absolute Gasteiger partial charge is 0.0705 e. The van der Waals surface area contributed by atoms with E-state index >= 15 is 0 Å². The summed E-state index contributed by atoms with van der Waals surface area (Å²) in [5, 5.41) is 4.57. The number of fused-ring (bicyclic) bond motifs is 1. The Balaban J connectivity index is 1.65. The van der Waals surface area contributed by atoms with E-state index < -0.39 is 0 Å². The van der Waals surface area contributed by atoms with Crippen molar-refractivity contribution in [3.05, 3.63) is 72.2 Å². The molecule has 1 aromatic carbocycles. The summed E-state index contributed by atoms with van der Waals surface area (Å²) in [6.45, 7) is 1.60. The summed E-state index contributed by atoms with van der Waals surface area (Å²) in [6.07, 6.45) is 3.62. The zero-order valence-electron chi connectivity index (χ0n) is 10.6. The second kappa shape index (κ2) is 5.59. The number of hydrogen-bond donors (Lipinski definition) is 1. The van der Waals surface area contributed by atoms with Gasteiger partial charge >= 0.3 is 0 Å². The van der Waals surface area contributed by atoms with Crippen LogP contribution in [-0.4, -0.2) is 9.97 Å². The van der Waals surface area contributed by atoms with Crippen molar-refractivity contribution in [3.8, 4) is 0 Å². The molecule has 3 rings (SSSR count). The summed E-state index contributed by atoms with van der Waals surface area (Å²) in [4.78, 5) is 8.64. The van der Waals surface area contributed by atoms with E-state index in [0.29, 0.717) is 0 Å². The van der Waals surface area contributed by atoms with Gasteiger partial charge in [0.05, 0.1) is 11.2 Å². The molecule has 0 aliphatic carbocycles. The van der Waals surface area contributed by atoms with Crippen molar-refractivity contribution in [2.45, 2.75) is 13.1 Å². The highest BCUT2D eigenvalue weighted by molar-refractivity contribution is 5.78. The van der Waals surface area contributed by atoms with Crippen molar-refractivity contribution in [3.63, 3.8) is 0 Å². The first kappa shape index (κ1) is 11.8. The van der Waals surface area contributed by atoms with E-state index in [9.17, 15) is 0 Å². The van der Waals surface area contributed by atoms with Gasteiger partial charge in [-0.25, -0.2) is 0 Å². The molecule has 3 heteroatoms. The largest absolute Gasteiger partial charge is 0.307 e. The third-order valence-corrected chi connectivity index (χ3v) is 3.04. The van der Waals surface area contributed by atoms with Crippen LogP contribution in [0.25, 0.3) is 10.9 Å². The van der Waals surface area contributed by atoms with Crippen molar-refractivity contribution in [2.24, 2.45) is 0 Å². The van der Waals surface area contributed by atoms with Crippen molar-refractivity contribution in [1.82, 2.24) is 15.3 Å². The lowest BCUT2D eigenvalue weighted by Gasteiger charge is -2.05. The third-order valence-electron chi connectivity index (χ3n) is 3.04. The first-order chi connectivity index (χ1) is 9.42. The van der Waals surface area contributed by atoms with E-state index in [4.69, 9.17) is 0 Å². The molecule has 3 aromatic rings. The fourth-order valence-electron chi connectivity index (χ4n) is 2.04. The van der Waals surface area contributed by atoms with Crippen LogP contribution in [-0.2, 0) is 13.1 Å². The molecule has 0 saturated heterocycles. The lowest BCUT2D eigenvalue weighted by Crippen LogP contribution is -2.13. The van der Waals surface area contributed by atoms with Crippen LogP contribution in [0.5, 0.6) is 0 Å². The Morgan fingerprint density at radius 1 is 0.842 bits per heavy atom. The van der Waals surface area contributed by atoms with Crippen LogP contribution in [0.4, 0.5) is 0 Å². The second-order valence-electron chi connectivity index (χ2n) is 4.45. The summed E-state index contributed by atoms with van der Waals surface area (Å²) in [5.74, 6) is 0. The van der Waals surface area contributed by atoms with E-state index in [-0.39, 0.29) is 0 Å². The number of rotatable bonds is 4. The van der Waals surface area contributed by atoms with Crippen LogP contribution in [0.3, 0.4) is 0 Å². The summed E-state index contributed by atoms with van der Waals surface area (Å²) in [5.41, 5.74) is 3.34. The fraction of sp³-hybridized carbons (Fsp3) is 0.125. The summed E-state index contributed by atoms with van der Waals surface area (Å²) < 4.78 is 0. The molecule has 1 N–H and O–H groups in total. The number of hydrogen-bond acceptors (Lipinski definition) is 3. The van der Waals surface area contributed by atoms with Gasteiger partial charge in [-0.1, -0.05) is 24.3 Å². The predicted molar refractivity (Wildman–Crippen MR) is 76.5 cm³/mol. The molecule has 94 valence electrons. The molecule has 0 radical (unpaired) electrons. The van der Waals surface area contributed by atoms with Crippen LogP contribution in [0.1, 0.15) is 11.3 Å². The minimum Gasteiger partial charge on any atom is -0.307 e. The van der Waals surface area contributed by atoms with Gasteiger partial charge in [0.2, 0.25) is 0 Å². The van der Waals surface area contributed by atoms with Crippen molar-refractivity contribution < 1.29 is 0 Å². The average molecular weight is 249 g/mol. The van der Waals surface area contributed by atoms with Gasteiger partial charge in [0.25, 0.3) is 0 Å². The number of benzene rings is 1. The summed E-state index contributed by atoms with van der Waals surface area (Å²) in [7, 11) is 0. The summed E-state index contributed by atoms with van der Waals surface area (Å²) >= 11 is 0. The number of nitrogens with one attached hydrogen (secondary N) is 1. The zero-order chi connectivity index (χ0) is 12.9. The Hall–Kier alpha value is -2.26. The van der Waals surface area contributed by atoms with Crippen LogP contribution >= 0.6 is 0 Å². The van der Waals surface area contributed by atoms with Crippen LogP contribution < -0.4 is 5.32 Å². The van der Waals surface area contributed by atoms with Gasteiger partial charge in [0.1, 0.15) is 0 Å². The topological polar surface area (TPSA) is 37.8 Å². The molecule has 0 spiro atoms. The van der Waals surface area contributed by atoms with Gasteiger partial charge in [-0.2, -0.15) is 0 Å². The van der Waals surface area contributed by atoms with E-state index in [1.807, 2.05) is 42.7 Å². The molecule has 3 nitrogen and oxygen atoms in total. The normalized spacial score (nSPS) is 10.7. The molecule has 19 heavy (non-hydrogen) atoms. The molecular weight excluding hydrogens is 234 g/mol. The van der Waals surface area contributed by atoms with Crippen LogP contribution in [0, 0.1) is 0 Å². The third kappa shape index (κ3) is 2.95. The van der Waals surface area contributed by atoms with Crippen LogP contribution in [0.15, 0.2) is 60.9 Å². The molecule has 0 unspecified atom stereocenters. The number of para-hydroxylation sites is 1. The number of aromatic nitrogens is 2. The molecule has 0 bridgehead atoms. The Labute approximate surface area is 112 Å². The molecular formula is C16H15N3. The van der Waals surface area contributed by atoms with Crippen LogP contribution in [0.2, 0.25) is 0 Å². The lowest BCUT2D eigenvalue weighted by atomic mass is 10.2. The first-order valence-corrected chi connectivity index (χ1v) is 6.36. The maximum atomic E-state index is 4.63. The SMILES string of the molecule is c1ccc2nc(CNCc3ccncc3)ccc2c1. The molecule has 0 aliphatic rings. The minimum absolute atomic E-state index is 0.771. The molecule has 0 amide bonds.